The number of hydrogen-bond acceptors (Lipinski definition) is 4. The van der Waals surface area contributed by atoms with Gasteiger partial charge in [-0.25, -0.2) is 9.82 Å². The first-order valence-electron chi connectivity index (χ1n) is 8.04. The Labute approximate surface area is 149 Å². The van der Waals surface area contributed by atoms with E-state index in [0.717, 1.165) is 5.56 Å². The molecule has 0 fully saturated rings. The van der Waals surface area contributed by atoms with Crippen molar-refractivity contribution < 1.29 is 13.9 Å². The van der Waals surface area contributed by atoms with Crippen LogP contribution >= 0.6 is 0 Å². The summed E-state index contributed by atoms with van der Waals surface area (Å²) in [6, 6.07) is 14.8. The van der Waals surface area contributed by atoms with E-state index in [9.17, 15) is 9.18 Å². The Hall–Kier alpha value is -3.48. The predicted octanol–water partition coefficient (Wildman–Crippen LogP) is 3.38. The first-order valence-corrected chi connectivity index (χ1v) is 8.04. The van der Waals surface area contributed by atoms with E-state index in [1.54, 1.807) is 18.2 Å². The summed E-state index contributed by atoms with van der Waals surface area (Å²) in [5.41, 5.74) is 4.69. The number of halogens is 1. The van der Waals surface area contributed by atoms with Gasteiger partial charge in [-0.2, -0.15) is 10.2 Å². The molecule has 0 bridgehead atoms. The number of carbonyl (C=O) groups excluding carboxylic acids is 1. The van der Waals surface area contributed by atoms with Crippen molar-refractivity contribution in [1.29, 1.82) is 0 Å². The number of ether oxygens (including phenoxy) is 1. The Balaban J connectivity index is 1.67. The highest BCUT2D eigenvalue weighted by Gasteiger charge is 2.10. The largest absolute Gasteiger partial charge is 0.493 e. The first kappa shape index (κ1) is 17.3. The summed E-state index contributed by atoms with van der Waals surface area (Å²) in [5.74, 6) is -0.0759. The molecule has 0 aliphatic heterocycles. The molecule has 1 heterocycles. The Morgan fingerprint density at radius 2 is 2.04 bits per heavy atom. The molecule has 1 aromatic heterocycles. The van der Waals surface area contributed by atoms with Crippen molar-refractivity contribution in [1.82, 2.24) is 15.6 Å². The summed E-state index contributed by atoms with van der Waals surface area (Å²) in [6.07, 6.45) is 1.51. The van der Waals surface area contributed by atoms with Gasteiger partial charge in [0, 0.05) is 11.1 Å². The molecule has 0 aliphatic carbocycles. The molecule has 0 radical (unpaired) electrons. The van der Waals surface area contributed by atoms with E-state index in [1.165, 1.54) is 18.3 Å². The second-order valence-corrected chi connectivity index (χ2v) is 5.34. The van der Waals surface area contributed by atoms with Crippen molar-refractivity contribution in [2.24, 2.45) is 5.10 Å². The lowest BCUT2D eigenvalue weighted by Gasteiger charge is -2.05. The molecule has 2 N–H and O–H groups in total. The topological polar surface area (TPSA) is 79.4 Å². The molecule has 0 saturated heterocycles. The summed E-state index contributed by atoms with van der Waals surface area (Å²) in [4.78, 5) is 12.2. The number of hydrazone groups is 1. The monoisotopic (exact) mass is 352 g/mol. The van der Waals surface area contributed by atoms with Gasteiger partial charge in [0.2, 0.25) is 0 Å². The van der Waals surface area contributed by atoms with Crippen LogP contribution in [-0.2, 0) is 0 Å². The Bertz CT molecular complexity index is 919. The van der Waals surface area contributed by atoms with Crippen LogP contribution in [0.1, 0.15) is 23.0 Å². The molecule has 0 saturated carbocycles. The lowest BCUT2D eigenvalue weighted by molar-refractivity contribution is 0.0950. The highest BCUT2D eigenvalue weighted by atomic mass is 19.1. The van der Waals surface area contributed by atoms with Gasteiger partial charge in [0.25, 0.3) is 5.91 Å². The molecule has 2 aromatic carbocycles. The molecule has 132 valence electrons. The standard InChI is InChI=1S/C19H17FN4O2/c1-2-26-18-6-4-3-5-14(18)12-21-24-19(25)17-11-16(22-23-17)13-7-9-15(20)10-8-13/h3-12H,2H2,1H3,(H,22,23)(H,24,25)/b21-12+. The molecule has 3 aromatic rings. The SMILES string of the molecule is CCOc1ccccc1/C=N/NC(=O)c1cc(-c2ccc(F)cc2)n[nH]1. The maximum absolute atomic E-state index is 13.0. The molecule has 1 amide bonds. The molecular weight excluding hydrogens is 335 g/mol. The molecular formula is C19H17FN4O2. The summed E-state index contributed by atoms with van der Waals surface area (Å²) >= 11 is 0. The third kappa shape index (κ3) is 4.13. The second-order valence-electron chi connectivity index (χ2n) is 5.34. The van der Waals surface area contributed by atoms with Gasteiger partial charge in [0.1, 0.15) is 17.3 Å². The Morgan fingerprint density at radius 1 is 1.27 bits per heavy atom. The fourth-order valence-electron chi connectivity index (χ4n) is 2.30. The number of para-hydroxylation sites is 1. The van der Waals surface area contributed by atoms with Crippen LogP contribution in [0.25, 0.3) is 11.3 Å². The minimum absolute atomic E-state index is 0.250. The van der Waals surface area contributed by atoms with Crippen LogP contribution in [0.4, 0.5) is 4.39 Å². The number of rotatable bonds is 6. The van der Waals surface area contributed by atoms with E-state index in [2.05, 4.69) is 20.7 Å². The van der Waals surface area contributed by atoms with Crippen molar-refractivity contribution in [3.63, 3.8) is 0 Å². The third-order valence-electron chi connectivity index (χ3n) is 3.55. The number of aromatic nitrogens is 2. The van der Waals surface area contributed by atoms with Crippen LogP contribution in [0.3, 0.4) is 0 Å². The van der Waals surface area contributed by atoms with Crippen molar-refractivity contribution >= 4 is 12.1 Å². The maximum Gasteiger partial charge on any atom is 0.289 e. The Kier molecular flexibility index (Phi) is 5.38. The highest BCUT2D eigenvalue weighted by Crippen LogP contribution is 2.18. The maximum atomic E-state index is 13.0. The predicted molar refractivity (Wildman–Crippen MR) is 96.7 cm³/mol. The van der Waals surface area contributed by atoms with Crippen molar-refractivity contribution in [3.05, 3.63) is 71.7 Å². The van der Waals surface area contributed by atoms with Crippen LogP contribution in [0.15, 0.2) is 59.7 Å². The molecule has 26 heavy (non-hydrogen) atoms. The first-order chi connectivity index (χ1) is 12.7. The van der Waals surface area contributed by atoms with Gasteiger partial charge in [-0.1, -0.05) is 12.1 Å². The van der Waals surface area contributed by atoms with Crippen molar-refractivity contribution in [3.8, 4) is 17.0 Å². The molecule has 3 rings (SSSR count). The van der Waals surface area contributed by atoms with Crippen LogP contribution in [0.2, 0.25) is 0 Å². The zero-order chi connectivity index (χ0) is 18.4. The number of nitrogens with zero attached hydrogens (tertiary/aromatic N) is 2. The van der Waals surface area contributed by atoms with E-state index in [1.807, 2.05) is 31.2 Å². The summed E-state index contributed by atoms with van der Waals surface area (Å²) in [7, 11) is 0. The van der Waals surface area contributed by atoms with E-state index >= 15 is 0 Å². The van der Waals surface area contributed by atoms with Crippen molar-refractivity contribution in [2.75, 3.05) is 6.61 Å². The number of hydrogen-bond donors (Lipinski definition) is 2. The van der Waals surface area contributed by atoms with Crippen LogP contribution in [-0.4, -0.2) is 28.9 Å². The number of carbonyl (C=O) groups is 1. The zero-order valence-electron chi connectivity index (χ0n) is 14.1. The van der Waals surface area contributed by atoms with Crippen LogP contribution in [0.5, 0.6) is 5.75 Å². The minimum atomic E-state index is -0.434. The summed E-state index contributed by atoms with van der Waals surface area (Å²) in [6.45, 7) is 2.43. The molecule has 6 nitrogen and oxygen atoms in total. The second kappa shape index (κ2) is 8.06. The van der Waals surface area contributed by atoms with Gasteiger partial charge in [-0.15, -0.1) is 0 Å². The van der Waals surface area contributed by atoms with E-state index in [4.69, 9.17) is 4.74 Å². The fourth-order valence-corrected chi connectivity index (χ4v) is 2.30. The molecule has 0 atom stereocenters. The molecule has 0 aliphatic rings. The normalized spacial score (nSPS) is 10.8. The van der Waals surface area contributed by atoms with Gasteiger partial charge in [-0.3, -0.25) is 9.89 Å². The number of nitrogens with one attached hydrogen (secondary N) is 2. The smallest absolute Gasteiger partial charge is 0.289 e. The van der Waals surface area contributed by atoms with E-state index in [-0.39, 0.29) is 11.5 Å². The van der Waals surface area contributed by atoms with E-state index in [0.29, 0.717) is 23.6 Å². The van der Waals surface area contributed by atoms with Crippen molar-refractivity contribution in [2.45, 2.75) is 6.92 Å². The molecule has 0 unspecified atom stereocenters. The van der Waals surface area contributed by atoms with E-state index < -0.39 is 5.91 Å². The zero-order valence-corrected chi connectivity index (χ0v) is 14.1. The third-order valence-corrected chi connectivity index (χ3v) is 3.55. The van der Waals surface area contributed by atoms with Crippen LogP contribution < -0.4 is 10.2 Å². The van der Waals surface area contributed by atoms with Gasteiger partial charge >= 0.3 is 0 Å². The quantitative estimate of drug-likeness (QED) is 0.527. The number of aromatic amines is 1. The molecule has 7 heteroatoms. The highest BCUT2D eigenvalue weighted by molar-refractivity contribution is 5.94. The number of benzene rings is 2. The number of amides is 1. The number of H-pyrrole nitrogens is 1. The Morgan fingerprint density at radius 3 is 2.81 bits per heavy atom. The molecule has 0 spiro atoms. The summed E-state index contributed by atoms with van der Waals surface area (Å²) in [5, 5.41) is 10.7. The van der Waals surface area contributed by atoms with Gasteiger partial charge in [0.15, 0.2) is 0 Å². The van der Waals surface area contributed by atoms with Gasteiger partial charge in [0.05, 0.1) is 18.5 Å². The summed E-state index contributed by atoms with van der Waals surface area (Å²) < 4.78 is 18.5. The lowest BCUT2D eigenvalue weighted by atomic mass is 10.1. The average Bonchev–Trinajstić information content (AvgIpc) is 3.14. The van der Waals surface area contributed by atoms with Crippen LogP contribution in [0, 0.1) is 5.82 Å². The van der Waals surface area contributed by atoms with Gasteiger partial charge in [-0.05, 0) is 49.4 Å². The minimum Gasteiger partial charge on any atom is -0.493 e. The fraction of sp³-hybridized carbons (Fsp3) is 0.105. The van der Waals surface area contributed by atoms with Gasteiger partial charge < -0.3 is 4.74 Å². The lowest BCUT2D eigenvalue weighted by Crippen LogP contribution is -2.18. The average molecular weight is 352 g/mol.